The molecule has 162 valence electrons. The van der Waals surface area contributed by atoms with E-state index in [2.05, 4.69) is 12.2 Å². The van der Waals surface area contributed by atoms with E-state index in [4.69, 9.17) is 9.47 Å². The number of hydrogen-bond acceptors (Lipinski definition) is 4. The zero-order valence-corrected chi connectivity index (χ0v) is 18.3. The topological polar surface area (TPSA) is 67.9 Å². The van der Waals surface area contributed by atoms with Gasteiger partial charge in [-0.05, 0) is 55.2 Å². The van der Waals surface area contributed by atoms with E-state index >= 15 is 0 Å². The van der Waals surface area contributed by atoms with Gasteiger partial charge in [0.1, 0.15) is 17.5 Å². The number of amides is 2. The molecule has 2 rings (SSSR count). The molecule has 0 aromatic heterocycles. The Labute approximate surface area is 179 Å². The molecular formula is C24H32N2O4. The molecule has 0 saturated heterocycles. The van der Waals surface area contributed by atoms with E-state index in [-0.39, 0.29) is 18.4 Å². The molecule has 30 heavy (non-hydrogen) atoms. The number of carbonyl (C=O) groups is 2. The zero-order valence-electron chi connectivity index (χ0n) is 18.3. The van der Waals surface area contributed by atoms with Crippen LogP contribution in [0.1, 0.15) is 38.3 Å². The molecule has 0 saturated carbocycles. The maximum atomic E-state index is 13.0. The summed E-state index contributed by atoms with van der Waals surface area (Å²) in [6.45, 7) is 6.56. The van der Waals surface area contributed by atoms with E-state index in [1.165, 1.54) is 5.56 Å². The Balaban J connectivity index is 2.10. The van der Waals surface area contributed by atoms with Crippen LogP contribution in [0.2, 0.25) is 0 Å². The average molecular weight is 413 g/mol. The van der Waals surface area contributed by atoms with Crippen LogP contribution < -0.4 is 14.8 Å². The van der Waals surface area contributed by atoms with Gasteiger partial charge in [0, 0.05) is 13.1 Å². The highest BCUT2D eigenvalue weighted by molar-refractivity contribution is 5.87. The third kappa shape index (κ3) is 6.79. The second-order valence-corrected chi connectivity index (χ2v) is 7.12. The number of methoxy groups -OCH3 is 1. The third-order valence-electron chi connectivity index (χ3n) is 4.92. The minimum absolute atomic E-state index is 0.132. The summed E-state index contributed by atoms with van der Waals surface area (Å²) in [5.74, 6) is 0.952. The monoisotopic (exact) mass is 412 g/mol. The number of carbonyl (C=O) groups excluding carboxylic acids is 2. The van der Waals surface area contributed by atoms with Crippen LogP contribution in [0.15, 0.2) is 48.5 Å². The fourth-order valence-corrected chi connectivity index (χ4v) is 2.96. The van der Waals surface area contributed by atoms with Gasteiger partial charge in [-0.1, -0.05) is 38.1 Å². The van der Waals surface area contributed by atoms with E-state index in [1.807, 2.05) is 55.5 Å². The Morgan fingerprint density at radius 3 is 2.13 bits per heavy atom. The van der Waals surface area contributed by atoms with E-state index in [9.17, 15) is 9.59 Å². The summed E-state index contributed by atoms with van der Waals surface area (Å²) in [7, 11) is 1.61. The largest absolute Gasteiger partial charge is 0.497 e. The van der Waals surface area contributed by atoms with Crippen molar-refractivity contribution in [2.24, 2.45) is 0 Å². The number of aryl methyl sites for hydroxylation is 1. The highest BCUT2D eigenvalue weighted by Crippen LogP contribution is 2.16. The van der Waals surface area contributed by atoms with Crippen molar-refractivity contribution in [2.75, 3.05) is 20.3 Å². The smallest absolute Gasteiger partial charge is 0.261 e. The summed E-state index contributed by atoms with van der Waals surface area (Å²) >= 11 is 0. The van der Waals surface area contributed by atoms with Crippen molar-refractivity contribution in [3.8, 4) is 11.5 Å². The number of ether oxygens (including phenoxy) is 2. The predicted octanol–water partition coefficient (Wildman–Crippen LogP) is 3.58. The minimum atomic E-state index is -0.614. The third-order valence-corrected chi connectivity index (χ3v) is 4.92. The Morgan fingerprint density at radius 1 is 0.967 bits per heavy atom. The second kappa shape index (κ2) is 11.9. The van der Waals surface area contributed by atoms with Crippen molar-refractivity contribution < 1.29 is 19.1 Å². The Bertz CT molecular complexity index is 803. The van der Waals surface area contributed by atoms with Crippen LogP contribution in [0.5, 0.6) is 11.5 Å². The van der Waals surface area contributed by atoms with Gasteiger partial charge in [-0.3, -0.25) is 9.59 Å². The molecule has 0 fully saturated rings. The molecule has 2 aromatic rings. The Kier molecular flexibility index (Phi) is 9.19. The molecule has 1 atom stereocenters. The van der Waals surface area contributed by atoms with Crippen molar-refractivity contribution in [3.05, 3.63) is 59.7 Å². The van der Waals surface area contributed by atoms with Gasteiger partial charge in [0.05, 0.1) is 7.11 Å². The predicted molar refractivity (Wildman–Crippen MR) is 118 cm³/mol. The van der Waals surface area contributed by atoms with Crippen LogP contribution >= 0.6 is 0 Å². The van der Waals surface area contributed by atoms with Crippen LogP contribution in [-0.4, -0.2) is 43.0 Å². The minimum Gasteiger partial charge on any atom is -0.497 e. The van der Waals surface area contributed by atoms with Crippen molar-refractivity contribution >= 4 is 11.8 Å². The molecule has 0 aliphatic rings. The number of nitrogens with zero attached hydrogens (tertiary/aromatic N) is 1. The molecule has 1 N–H and O–H groups in total. The quantitative estimate of drug-likeness (QED) is 0.613. The first-order valence-electron chi connectivity index (χ1n) is 10.4. The highest BCUT2D eigenvalue weighted by Gasteiger charge is 2.26. The lowest BCUT2D eigenvalue weighted by molar-refractivity contribution is -0.142. The van der Waals surface area contributed by atoms with Crippen molar-refractivity contribution in [1.29, 1.82) is 0 Å². The molecule has 0 spiro atoms. The molecule has 2 aromatic carbocycles. The first kappa shape index (κ1) is 23.3. The van der Waals surface area contributed by atoms with Crippen LogP contribution in [0.4, 0.5) is 0 Å². The average Bonchev–Trinajstić information content (AvgIpc) is 2.79. The summed E-state index contributed by atoms with van der Waals surface area (Å²) in [6.07, 6.45) is 1.78. The normalized spacial score (nSPS) is 11.5. The lowest BCUT2D eigenvalue weighted by Gasteiger charge is -2.28. The summed E-state index contributed by atoms with van der Waals surface area (Å²) in [5.41, 5.74) is 2.11. The summed E-state index contributed by atoms with van der Waals surface area (Å²) in [5, 5.41) is 2.86. The molecule has 0 heterocycles. The van der Waals surface area contributed by atoms with Gasteiger partial charge >= 0.3 is 0 Å². The standard InChI is InChI=1S/C24H32N2O4/c1-5-15-25-24(28)18(3)26(16-20-9-11-21(29-4)12-10-20)23(27)17-30-22-13-7-19(6-2)8-14-22/h7-14,18H,5-6,15-17H2,1-4H3,(H,25,28)/t18-/m1/s1. The van der Waals surface area contributed by atoms with Crippen LogP contribution in [0.25, 0.3) is 0 Å². The van der Waals surface area contributed by atoms with E-state index in [1.54, 1.807) is 18.9 Å². The lowest BCUT2D eigenvalue weighted by Crippen LogP contribution is -2.49. The van der Waals surface area contributed by atoms with Gasteiger partial charge in [0.25, 0.3) is 5.91 Å². The van der Waals surface area contributed by atoms with Gasteiger partial charge < -0.3 is 19.7 Å². The molecular weight excluding hydrogens is 380 g/mol. The molecule has 0 aliphatic heterocycles. The van der Waals surface area contributed by atoms with E-state index in [0.717, 1.165) is 24.2 Å². The summed E-state index contributed by atoms with van der Waals surface area (Å²) < 4.78 is 10.9. The van der Waals surface area contributed by atoms with Crippen LogP contribution in [0, 0.1) is 0 Å². The van der Waals surface area contributed by atoms with Crippen molar-refractivity contribution in [2.45, 2.75) is 46.2 Å². The maximum absolute atomic E-state index is 13.0. The maximum Gasteiger partial charge on any atom is 0.261 e. The zero-order chi connectivity index (χ0) is 21.9. The Morgan fingerprint density at radius 2 is 1.57 bits per heavy atom. The van der Waals surface area contributed by atoms with Gasteiger partial charge in [-0.25, -0.2) is 0 Å². The molecule has 0 unspecified atom stereocenters. The molecule has 0 aliphatic carbocycles. The lowest BCUT2D eigenvalue weighted by atomic mass is 10.1. The van der Waals surface area contributed by atoms with Crippen molar-refractivity contribution in [3.63, 3.8) is 0 Å². The number of benzene rings is 2. The SMILES string of the molecule is CCCNC(=O)[C@@H](C)N(Cc1ccc(OC)cc1)C(=O)COc1ccc(CC)cc1. The number of rotatable bonds is 11. The number of nitrogens with one attached hydrogen (secondary N) is 1. The first-order chi connectivity index (χ1) is 14.5. The molecule has 0 radical (unpaired) electrons. The van der Waals surface area contributed by atoms with E-state index in [0.29, 0.717) is 18.8 Å². The van der Waals surface area contributed by atoms with Gasteiger partial charge in [-0.15, -0.1) is 0 Å². The summed E-state index contributed by atoms with van der Waals surface area (Å²) in [6, 6.07) is 14.5. The van der Waals surface area contributed by atoms with Gasteiger partial charge in [0.15, 0.2) is 6.61 Å². The fraction of sp³-hybridized carbons (Fsp3) is 0.417. The van der Waals surface area contributed by atoms with Gasteiger partial charge in [-0.2, -0.15) is 0 Å². The Hall–Kier alpha value is -3.02. The molecule has 0 bridgehead atoms. The molecule has 6 heteroatoms. The molecule has 2 amide bonds. The van der Waals surface area contributed by atoms with Crippen LogP contribution in [-0.2, 0) is 22.6 Å². The first-order valence-corrected chi connectivity index (χ1v) is 10.4. The molecule has 6 nitrogen and oxygen atoms in total. The van der Waals surface area contributed by atoms with Crippen LogP contribution in [0.3, 0.4) is 0 Å². The highest BCUT2D eigenvalue weighted by atomic mass is 16.5. The van der Waals surface area contributed by atoms with Crippen molar-refractivity contribution in [1.82, 2.24) is 10.2 Å². The number of hydrogen-bond donors (Lipinski definition) is 1. The second-order valence-electron chi connectivity index (χ2n) is 7.12. The van der Waals surface area contributed by atoms with Gasteiger partial charge in [0.2, 0.25) is 5.91 Å². The summed E-state index contributed by atoms with van der Waals surface area (Å²) in [4.78, 5) is 27.0. The fourth-order valence-electron chi connectivity index (χ4n) is 2.96. The van der Waals surface area contributed by atoms with E-state index < -0.39 is 6.04 Å².